The summed E-state index contributed by atoms with van der Waals surface area (Å²) >= 11 is 8.45. The molecule has 0 amide bonds. The first-order valence-electron chi connectivity index (χ1n) is 4.60. The summed E-state index contributed by atoms with van der Waals surface area (Å²) in [7, 11) is 0. The van der Waals surface area contributed by atoms with E-state index in [9.17, 15) is 0 Å². The minimum atomic E-state index is 0.374. The number of hydrogen-bond acceptors (Lipinski definition) is 3. The van der Waals surface area contributed by atoms with Crippen LogP contribution in [0.25, 0.3) is 0 Å². The van der Waals surface area contributed by atoms with Crippen LogP contribution in [0.3, 0.4) is 0 Å². The van der Waals surface area contributed by atoms with E-state index in [0.29, 0.717) is 10.6 Å². The quantitative estimate of drug-likeness (QED) is 0.801. The van der Waals surface area contributed by atoms with Crippen LogP contribution in [-0.4, -0.2) is 23.2 Å². The Morgan fingerprint density at radius 1 is 1.64 bits per heavy atom. The number of hydrogen-bond donors (Lipinski definition) is 1. The SMILES string of the molecule is S=c1[nH]c(C2CCCOC2)ncc1Br. The molecule has 1 saturated heterocycles. The molecule has 0 bridgehead atoms. The smallest absolute Gasteiger partial charge is 0.120 e. The second kappa shape index (κ2) is 4.51. The fourth-order valence-corrected chi connectivity index (χ4v) is 1.92. The molecule has 3 nitrogen and oxygen atoms in total. The Bertz CT molecular complexity index is 373. The van der Waals surface area contributed by atoms with Crippen LogP contribution in [0.4, 0.5) is 0 Å². The van der Waals surface area contributed by atoms with Gasteiger partial charge in [0.15, 0.2) is 0 Å². The van der Waals surface area contributed by atoms with E-state index in [1.54, 1.807) is 6.20 Å². The summed E-state index contributed by atoms with van der Waals surface area (Å²) in [6, 6.07) is 0. The molecule has 0 radical (unpaired) electrons. The highest BCUT2D eigenvalue weighted by Crippen LogP contribution is 2.23. The van der Waals surface area contributed by atoms with Gasteiger partial charge >= 0.3 is 0 Å². The van der Waals surface area contributed by atoms with Crippen molar-refractivity contribution in [1.29, 1.82) is 0 Å². The van der Waals surface area contributed by atoms with Crippen LogP contribution < -0.4 is 0 Å². The van der Waals surface area contributed by atoms with Gasteiger partial charge in [0, 0.05) is 18.7 Å². The number of aromatic amines is 1. The van der Waals surface area contributed by atoms with Crippen LogP contribution in [0.1, 0.15) is 24.6 Å². The van der Waals surface area contributed by atoms with Gasteiger partial charge in [-0.05, 0) is 28.8 Å². The molecule has 0 spiro atoms. The third kappa shape index (κ3) is 2.21. The van der Waals surface area contributed by atoms with Gasteiger partial charge in [-0.25, -0.2) is 4.98 Å². The topological polar surface area (TPSA) is 37.9 Å². The number of rotatable bonds is 1. The second-order valence-electron chi connectivity index (χ2n) is 3.36. The molecule has 0 saturated carbocycles. The van der Waals surface area contributed by atoms with Crippen molar-refractivity contribution in [1.82, 2.24) is 9.97 Å². The summed E-state index contributed by atoms with van der Waals surface area (Å²) in [5.74, 6) is 1.32. The molecule has 14 heavy (non-hydrogen) atoms. The van der Waals surface area contributed by atoms with Crippen molar-refractivity contribution in [2.45, 2.75) is 18.8 Å². The monoisotopic (exact) mass is 274 g/mol. The standard InChI is InChI=1S/C9H11BrN2OS/c10-7-4-11-8(12-9(7)14)6-2-1-3-13-5-6/h4,6H,1-3,5H2,(H,11,12,14). The van der Waals surface area contributed by atoms with Crippen LogP contribution in [0.15, 0.2) is 10.7 Å². The van der Waals surface area contributed by atoms with E-state index in [4.69, 9.17) is 17.0 Å². The summed E-state index contributed by atoms with van der Waals surface area (Å²) in [4.78, 5) is 7.44. The van der Waals surface area contributed by atoms with Gasteiger partial charge < -0.3 is 9.72 Å². The van der Waals surface area contributed by atoms with Crippen molar-refractivity contribution < 1.29 is 4.74 Å². The Kier molecular flexibility index (Phi) is 3.30. The van der Waals surface area contributed by atoms with Crippen LogP contribution in [-0.2, 0) is 4.74 Å². The van der Waals surface area contributed by atoms with Gasteiger partial charge in [-0.15, -0.1) is 0 Å². The Labute approximate surface area is 96.0 Å². The molecule has 1 aromatic heterocycles. The lowest BCUT2D eigenvalue weighted by Crippen LogP contribution is -2.17. The Balaban J connectivity index is 2.23. The van der Waals surface area contributed by atoms with Crippen molar-refractivity contribution >= 4 is 28.1 Å². The summed E-state index contributed by atoms with van der Waals surface area (Å²) in [5.41, 5.74) is 0. The number of nitrogens with one attached hydrogen (secondary N) is 1. The zero-order valence-electron chi connectivity index (χ0n) is 7.62. The highest BCUT2D eigenvalue weighted by Gasteiger charge is 2.17. The molecule has 1 aliphatic heterocycles. The zero-order chi connectivity index (χ0) is 9.97. The van der Waals surface area contributed by atoms with Crippen molar-refractivity contribution in [3.63, 3.8) is 0 Å². The van der Waals surface area contributed by atoms with Crippen LogP contribution >= 0.6 is 28.1 Å². The molecule has 1 N–H and O–H groups in total. The van der Waals surface area contributed by atoms with Gasteiger partial charge in [-0.2, -0.15) is 0 Å². The molecule has 2 heterocycles. The molecular formula is C9H11BrN2OS. The third-order valence-electron chi connectivity index (χ3n) is 2.32. The lowest BCUT2D eigenvalue weighted by molar-refractivity contribution is 0.0780. The normalized spacial score (nSPS) is 22.2. The lowest BCUT2D eigenvalue weighted by atomic mass is 10.0. The predicted octanol–water partition coefficient (Wildman–Crippen LogP) is 2.80. The number of ether oxygens (including phenoxy) is 1. The fourth-order valence-electron chi connectivity index (χ4n) is 1.56. The van der Waals surface area contributed by atoms with Gasteiger partial charge in [0.2, 0.25) is 0 Å². The Hall–Kier alpha value is -0.260. The highest BCUT2D eigenvalue weighted by molar-refractivity contribution is 9.10. The van der Waals surface area contributed by atoms with Crippen LogP contribution in [0.5, 0.6) is 0 Å². The van der Waals surface area contributed by atoms with E-state index in [1.165, 1.54) is 0 Å². The number of H-pyrrole nitrogens is 1. The van der Waals surface area contributed by atoms with Gasteiger partial charge in [0.25, 0.3) is 0 Å². The van der Waals surface area contributed by atoms with E-state index in [2.05, 4.69) is 25.9 Å². The summed E-state index contributed by atoms with van der Waals surface area (Å²) in [6.07, 6.45) is 3.98. The summed E-state index contributed by atoms with van der Waals surface area (Å²) in [5, 5.41) is 0. The van der Waals surface area contributed by atoms with Gasteiger partial charge in [-0.1, -0.05) is 12.2 Å². The molecule has 1 unspecified atom stereocenters. The minimum absolute atomic E-state index is 0.374. The molecule has 1 aromatic rings. The number of aromatic nitrogens is 2. The molecule has 1 atom stereocenters. The molecule has 1 fully saturated rings. The van der Waals surface area contributed by atoms with Crippen molar-refractivity contribution in [3.05, 3.63) is 21.1 Å². The Morgan fingerprint density at radius 2 is 2.50 bits per heavy atom. The van der Waals surface area contributed by atoms with E-state index in [0.717, 1.165) is 36.4 Å². The van der Waals surface area contributed by atoms with E-state index < -0.39 is 0 Å². The van der Waals surface area contributed by atoms with Gasteiger partial charge in [-0.3, -0.25) is 0 Å². The molecule has 2 rings (SSSR count). The number of nitrogens with zero attached hydrogens (tertiary/aromatic N) is 1. The molecular weight excluding hydrogens is 264 g/mol. The van der Waals surface area contributed by atoms with Gasteiger partial charge in [0.1, 0.15) is 10.5 Å². The first-order chi connectivity index (χ1) is 6.77. The zero-order valence-corrected chi connectivity index (χ0v) is 10.0. The largest absolute Gasteiger partial charge is 0.381 e. The first-order valence-corrected chi connectivity index (χ1v) is 5.80. The average molecular weight is 275 g/mol. The maximum absolute atomic E-state index is 5.40. The molecule has 76 valence electrons. The first kappa shape index (κ1) is 10.3. The minimum Gasteiger partial charge on any atom is -0.381 e. The van der Waals surface area contributed by atoms with Crippen LogP contribution in [0.2, 0.25) is 0 Å². The maximum Gasteiger partial charge on any atom is 0.120 e. The van der Waals surface area contributed by atoms with E-state index >= 15 is 0 Å². The lowest BCUT2D eigenvalue weighted by Gasteiger charge is -2.21. The van der Waals surface area contributed by atoms with E-state index in [1.807, 2.05) is 0 Å². The number of halogens is 1. The fraction of sp³-hybridized carbons (Fsp3) is 0.556. The highest BCUT2D eigenvalue weighted by atomic mass is 79.9. The second-order valence-corrected chi connectivity index (χ2v) is 4.62. The molecule has 1 aliphatic rings. The molecule has 0 aliphatic carbocycles. The predicted molar refractivity (Wildman–Crippen MR) is 59.9 cm³/mol. The third-order valence-corrected chi connectivity index (χ3v) is 3.51. The van der Waals surface area contributed by atoms with Crippen LogP contribution in [0, 0.1) is 4.64 Å². The average Bonchev–Trinajstić information content (AvgIpc) is 2.23. The van der Waals surface area contributed by atoms with Crippen molar-refractivity contribution in [2.75, 3.05) is 13.2 Å². The summed E-state index contributed by atoms with van der Waals surface area (Å²) in [6.45, 7) is 1.62. The van der Waals surface area contributed by atoms with Gasteiger partial charge in [0.05, 0.1) is 11.1 Å². The Morgan fingerprint density at radius 3 is 3.14 bits per heavy atom. The van der Waals surface area contributed by atoms with E-state index in [-0.39, 0.29) is 0 Å². The molecule has 5 heteroatoms. The molecule has 0 aromatic carbocycles. The van der Waals surface area contributed by atoms with Crippen molar-refractivity contribution in [3.8, 4) is 0 Å². The maximum atomic E-state index is 5.40. The summed E-state index contributed by atoms with van der Waals surface area (Å²) < 4.78 is 6.95. The van der Waals surface area contributed by atoms with Crippen molar-refractivity contribution in [2.24, 2.45) is 0 Å².